The predicted molar refractivity (Wildman–Crippen MR) is 120 cm³/mol. The van der Waals surface area contributed by atoms with Gasteiger partial charge in [0.15, 0.2) is 10.8 Å². The van der Waals surface area contributed by atoms with Gasteiger partial charge in [-0.3, -0.25) is 14.2 Å². The Morgan fingerprint density at radius 2 is 2.00 bits per heavy atom. The predicted octanol–water partition coefficient (Wildman–Crippen LogP) is 3.88. The third kappa shape index (κ3) is 4.79. The van der Waals surface area contributed by atoms with Crippen molar-refractivity contribution in [3.8, 4) is 5.69 Å². The van der Waals surface area contributed by atoms with Crippen LogP contribution in [0.25, 0.3) is 16.7 Å². The molecule has 2 aromatic heterocycles. The molecule has 154 valence electrons. The fraction of sp³-hybridized carbons (Fsp3) is 0.304. The van der Waals surface area contributed by atoms with Crippen LogP contribution in [0.4, 0.5) is 0 Å². The Balaban J connectivity index is 1.49. The number of fused-ring (bicyclic) bond motifs is 1. The van der Waals surface area contributed by atoms with E-state index in [1.165, 1.54) is 30.2 Å². The van der Waals surface area contributed by atoms with Gasteiger partial charge in [-0.2, -0.15) is 0 Å². The summed E-state index contributed by atoms with van der Waals surface area (Å²) in [6, 6.07) is 12.8. The molecular weight excluding hydrogens is 396 g/mol. The number of thioether (sulfide) groups is 1. The van der Waals surface area contributed by atoms with Gasteiger partial charge in [0.1, 0.15) is 0 Å². The molecule has 0 fully saturated rings. The molecule has 7 heteroatoms. The van der Waals surface area contributed by atoms with Crippen LogP contribution in [-0.2, 0) is 4.79 Å². The molecule has 30 heavy (non-hydrogen) atoms. The van der Waals surface area contributed by atoms with Gasteiger partial charge < -0.3 is 5.32 Å². The second kappa shape index (κ2) is 9.71. The van der Waals surface area contributed by atoms with Crippen LogP contribution in [0.3, 0.4) is 0 Å². The Bertz CT molecular complexity index is 1130. The topological polar surface area (TPSA) is 76.9 Å². The number of hydrogen-bond donors (Lipinski definition) is 1. The maximum atomic E-state index is 13.1. The molecule has 0 spiro atoms. The molecule has 1 aliphatic carbocycles. The van der Waals surface area contributed by atoms with Crippen molar-refractivity contribution in [1.29, 1.82) is 0 Å². The number of para-hydroxylation sites is 1. The minimum absolute atomic E-state index is 0.0635. The van der Waals surface area contributed by atoms with Crippen LogP contribution in [0.1, 0.15) is 32.1 Å². The van der Waals surface area contributed by atoms with E-state index in [2.05, 4.69) is 21.4 Å². The van der Waals surface area contributed by atoms with Gasteiger partial charge in [0, 0.05) is 12.7 Å². The van der Waals surface area contributed by atoms with Crippen LogP contribution in [0.15, 0.2) is 70.3 Å². The van der Waals surface area contributed by atoms with E-state index in [1.54, 1.807) is 22.9 Å². The average molecular weight is 421 g/mol. The molecule has 1 amide bonds. The zero-order valence-electron chi connectivity index (χ0n) is 16.7. The van der Waals surface area contributed by atoms with Crippen molar-refractivity contribution in [2.24, 2.45) is 0 Å². The number of allylic oxidation sites excluding steroid dienone is 1. The number of amides is 1. The van der Waals surface area contributed by atoms with E-state index in [0.717, 1.165) is 19.3 Å². The summed E-state index contributed by atoms with van der Waals surface area (Å²) in [5.41, 5.74) is 2.36. The van der Waals surface area contributed by atoms with Crippen molar-refractivity contribution in [1.82, 2.24) is 19.9 Å². The van der Waals surface area contributed by atoms with Gasteiger partial charge >= 0.3 is 0 Å². The first-order valence-corrected chi connectivity index (χ1v) is 11.2. The van der Waals surface area contributed by atoms with Gasteiger partial charge in [-0.1, -0.05) is 41.6 Å². The van der Waals surface area contributed by atoms with Gasteiger partial charge in [0.25, 0.3) is 5.56 Å². The van der Waals surface area contributed by atoms with E-state index < -0.39 is 0 Å². The third-order valence-corrected chi connectivity index (χ3v) is 6.05. The highest BCUT2D eigenvalue weighted by Gasteiger charge is 2.15. The summed E-state index contributed by atoms with van der Waals surface area (Å²) in [5.74, 6) is 0.128. The van der Waals surface area contributed by atoms with E-state index in [0.29, 0.717) is 28.4 Å². The molecule has 0 unspecified atom stereocenters. The summed E-state index contributed by atoms with van der Waals surface area (Å²) < 4.78 is 1.55. The highest BCUT2D eigenvalue weighted by Crippen LogP contribution is 2.21. The van der Waals surface area contributed by atoms with Gasteiger partial charge in [-0.15, -0.1) is 0 Å². The Morgan fingerprint density at radius 3 is 2.80 bits per heavy atom. The summed E-state index contributed by atoms with van der Waals surface area (Å²) in [7, 11) is 0. The highest BCUT2D eigenvalue weighted by molar-refractivity contribution is 7.99. The maximum Gasteiger partial charge on any atom is 0.268 e. The lowest BCUT2D eigenvalue weighted by atomic mass is 9.97. The number of carbonyl (C=O) groups is 1. The largest absolute Gasteiger partial charge is 0.355 e. The quantitative estimate of drug-likeness (QED) is 0.357. The summed E-state index contributed by atoms with van der Waals surface area (Å²) in [6.45, 7) is 0.642. The molecule has 0 aliphatic heterocycles. The zero-order valence-corrected chi connectivity index (χ0v) is 17.5. The van der Waals surface area contributed by atoms with Crippen molar-refractivity contribution >= 4 is 28.7 Å². The van der Waals surface area contributed by atoms with E-state index >= 15 is 0 Å². The molecule has 1 aromatic carbocycles. The fourth-order valence-electron chi connectivity index (χ4n) is 3.58. The van der Waals surface area contributed by atoms with Crippen LogP contribution < -0.4 is 10.9 Å². The molecule has 0 atom stereocenters. The van der Waals surface area contributed by atoms with Gasteiger partial charge in [0.2, 0.25) is 5.91 Å². The molecule has 0 saturated carbocycles. The average Bonchev–Trinajstić information content (AvgIpc) is 2.79. The minimum Gasteiger partial charge on any atom is -0.355 e. The molecule has 3 aromatic rings. The van der Waals surface area contributed by atoms with Crippen molar-refractivity contribution in [2.75, 3.05) is 12.3 Å². The van der Waals surface area contributed by atoms with Gasteiger partial charge in [-0.05, 0) is 56.4 Å². The van der Waals surface area contributed by atoms with Crippen LogP contribution >= 0.6 is 11.8 Å². The van der Waals surface area contributed by atoms with E-state index in [-0.39, 0.29) is 17.2 Å². The maximum absolute atomic E-state index is 13.1. The number of pyridine rings is 1. The van der Waals surface area contributed by atoms with Gasteiger partial charge in [0.05, 0.1) is 16.8 Å². The van der Waals surface area contributed by atoms with E-state index in [1.807, 2.05) is 30.3 Å². The molecule has 6 nitrogen and oxygen atoms in total. The molecule has 0 bridgehead atoms. The number of nitrogens with zero attached hydrogens (tertiary/aromatic N) is 3. The number of carbonyl (C=O) groups excluding carboxylic acids is 1. The molecule has 4 rings (SSSR count). The minimum atomic E-state index is -0.188. The monoisotopic (exact) mass is 420 g/mol. The normalized spacial score (nSPS) is 13.8. The number of hydrogen-bond acceptors (Lipinski definition) is 5. The first-order valence-electron chi connectivity index (χ1n) is 10.2. The lowest BCUT2D eigenvalue weighted by Gasteiger charge is -2.14. The number of nitrogens with one attached hydrogen (secondary N) is 1. The zero-order chi connectivity index (χ0) is 20.8. The lowest BCUT2D eigenvalue weighted by Crippen LogP contribution is -2.27. The third-order valence-electron chi connectivity index (χ3n) is 5.11. The number of aromatic nitrogens is 3. The lowest BCUT2D eigenvalue weighted by molar-refractivity contribution is -0.118. The first kappa shape index (κ1) is 20.3. The highest BCUT2D eigenvalue weighted by atomic mass is 32.2. The fourth-order valence-corrected chi connectivity index (χ4v) is 4.41. The van der Waals surface area contributed by atoms with Crippen molar-refractivity contribution in [3.63, 3.8) is 0 Å². The van der Waals surface area contributed by atoms with Crippen LogP contribution in [0.2, 0.25) is 0 Å². The molecule has 0 saturated heterocycles. The smallest absolute Gasteiger partial charge is 0.268 e. The molecule has 0 radical (unpaired) electrons. The molecular formula is C23H24N4O2S. The Labute approximate surface area is 179 Å². The molecule has 1 N–H and O–H groups in total. The Kier molecular flexibility index (Phi) is 6.59. The Morgan fingerprint density at radius 1 is 1.13 bits per heavy atom. The van der Waals surface area contributed by atoms with Crippen LogP contribution in [0, 0.1) is 0 Å². The van der Waals surface area contributed by atoms with Crippen molar-refractivity contribution in [2.45, 2.75) is 37.3 Å². The summed E-state index contributed by atoms with van der Waals surface area (Å²) in [4.78, 5) is 34.3. The van der Waals surface area contributed by atoms with Crippen LogP contribution in [0.5, 0.6) is 0 Å². The molecule has 1 aliphatic rings. The number of benzene rings is 1. The molecule has 2 heterocycles. The summed E-state index contributed by atoms with van der Waals surface area (Å²) >= 11 is 1.25. The van der Waals surface area contributed by atoms with Crippen molar-refractivity contribution < 1.29 is 4.79 Å². The first-order chi connectivity index (χ1) is 14.7. The Hall–Kier alpha value is -2.93. The summed E-state index contributed by atoms with van der Waals surface area (Å²) in [6.07, 6.45) is 9.62. The summed E-state index contributed by atoms with van der Waals surface area (Å²) in [5, 5.41) is 3.90. The van der Waals surface area contributed by atoms with E-state index in [9.17, 15) is 9.59 Å². The number of rotatable bonds is 7. The van der Waals surface area contributed by atoms with E-state index in [4.69, 9.17) is 0 Å². The SMILES string of the molecule is O=C(CSc1nc2ncccc2c(=O)n1-c1ccccc1)NCCC1=CCCCC1. The van der Waals surface area contributed by atoms with Crippen molar-refractivity contribution in [3.05, 3.63) is 70.7 Å². The second-order valence-electron chi connectivity index (χ2n) is 7.24. The second-order valence-corrected chi connectivity index (χ2v) is 8.18. The van der Waals surface area contributed by atoms with Crippen LogP contribution in [-0.4, -0.2) is 32.7 Å². The van der Waals surface area contributed by atoms with Gasteiger partial charge in [-0.25, -0.2) is 9.97 Å². The standard InChI is InChI=1S/C23H24N4O2S/c28-20(24-15-13-17-8-3-1-4-9-17)16-30-23-26-21-19(12-7-14-25-21)22(29)27(23)18-10-5-2-6-11-18/h2,5-8,10-12,14H,1,3-4,9,13,15-16H2,(H,24,28).